The van der Waals surface area contributed by atoms with Crippen molar-refractivity contribution in [3.63, 3.8) is 0 Å². The molecule has 1 aliphatic rings. The number of anilines is 1. The van der Waals surface area contributed by atoms with Gasteiger partial charge in [-0.2, -0.15) is 0 Å². The molecule has 6 nitrogen and oxygen atoms in total. The van der Waals surface area contributed by atoms with Gasteiger partial charge in [0.15, 0.2) is 0 Å². The molecular weight excluding hydrogens is 268 g/mol. The van der Waals surface area contributed by atoms with Crippen LogP contribution in [0.1, 0.15) is 12.8 Å². The van der Waals surface area contributed by atoms with E-state index in [1.165, 1.54) is 0 Å². The van der Waals surface area contributed by atoms with E-state index in [4.69, 9.17) is 10.5 Å². The fourth-order valence-corrected chi connectivity index (χ4v) is 2.64. The number of rotatable bonds is 3. The molecule has 2 aromatic heterocycles. The van der Waals surface area contributed by atoms with Crippen LogP contribution < -0.4 is 11.1 Å². The van der Waals surface area contributed by atoms with Crippen molar-refractivity contribution < 1.29 is 9.53 Å². The Hall–Kier alpha value is -2.05. The topological polar surface area (TPSA) is 90.1 Å². The van der Waals surface area contributed by atoms with Gasteiger partial charge >= 0.3 is 0 Å². The molecular formula is C15H18N4O2. The molecule has 21 heavy (non-hydrogen) atoms. The Kier molecular flexibility index (Phi) is 3.81. The predicted octanol–water partition coefficient (Wildman–Crippen LogP) is 1.32. The first-order valence-electron chi connectivity index (χ1n) is 7.03. The molecule has 0 aliphatic carbocycles. The molecule has 0 radical (unpaired) electrons. The highest BCUT2D eigenvalue weighted by Crippen LogP contribution is 2.31. The zero-order chi connectivity index (χ0) is 14.7. The molecule has 3 N–H and O–H groups in total. The van der Waals surface area contributed by atoms with Crippen LogP contribution in [0.15, 0.2) is 30.7 Å². The number of hydrogen-bond donors (Lipinski definition) is 2. The van der Waals surface area contributed by atoms with Crippen molar-refractivity contribution in [2.45, 2.75) is 12.8 Å². The second-order valence-electron chi connectivity index (χ2n) is 5.30. The highest BCUT2D eigenvalue weighted by molar-refractivity contribution is 6.02. The van der Waals surface area contributed by atoms with Gasteiger partial charge in [0, 0.05) is 43.7 Å². The third kappa shape index (κ3) is 2.59. The molecule has 0 unspecified atom stereocenters. The Labute approximate surface area is 122 Å². The summed E-state index contributed by atoms with van der Waals surface area (Å²) in [4.78, 5) is 21.0. The van der Waals surface area contributed by atoms with Crippen LogP contribution in [-0.4, -0.2) is 35.6 Å². The molecule has 3 rings (SSSR count). The lowest BCUT2D eigenvalue weighted by Crippen LogP contribution is -2.46. The van der Waals surface area contributed by atoms with Gasteiger partial charge in [-0.3, -0.25) is 14.8 Å². The van der Waals surface area contributed by atoms with Crippen LogP contribution in [0.25, 0.3) is 10.9 Å². The van der Waals surface area contributed by atoms with Crippen molar-refractivity contribution in [1.82, 2.24) is 9.97 Å². The van der Waals surface area contributed by atoms with Crippen LogP contribution in [0.5, 0.6) is 0 Å². The maximum Gasteiger partial charge on any atom is 0.232 e. The van der Waals surface area contributed by atoms with Crippen LogP contribution in [0.2, 0.25) is 0 Å². The number of nitrogens with two attached hydrogens (primary N) is 1. The fourth-order valence-electron chi connectivity index (χ4n) is 2.64. The zero-order valence-corrected chi connectivity index (χ0v) is 11.7. The van der Waals surface area contributed by atoms with Gasteiger partial charge in [-0.25, -0.2) is 0 Å². The summed E-state index contributed by atoms with van der Waals surface area (Å²) in [6.07, 6.45) is 6.36. The van der Waals surface area contributed by atoms with E-state index >= 15 is 0 Å². The second kappa shape index (κ2) is 5.75. The highest BCUT2D eigenvalue weighted by atomic mass is 16.5. The second-order valence-corrected chi connectivity index (χ2v) is 5.30. The quantitative estimate of drug-likeness (QED) is 0.888. The average molecular weight is 286 g/mol. The zero-order valence-electron chi connectivity index (χ0n) is 11.7. The summed E-state index contributed by atoms with van der Waals surface area (Å²) in [5, 5.41) is 3.82. The summed E-state index contributed by atoms with van der Waals surface area (Å²) >= 11 is 0. The molecule has 1 fully saturated rings. The molecule has 0 bridgehead atoms. The van der Waals surface area contributed by atoms with E-state index in [9.17, 15) is 4.79 Å². The number of hydrogen-bond acceptors (Lipinski definition) is 5. The third-order valence-electron chi connectivity index (χ3n) is 4.11. The molecule has 0 saturated carbocycles. The summed E-state index contributed by atoms with van der Waals surface area (Å²) in [6, 6.07) is 3.60. The average Bonchev–Trinajstić information content (AvgIpc) is 2.56. The van der Waals surface area contributed by atoms with Gasteiger partial charge in [-0.15, -0.1) is 0 Å². The predicted molar refractivity (Wildman–Crippen MR) is 79.7 cm³/mol. The monoisotopic (exact) mass is 286 g/mol. The maximum absolute atomic E-state index is 12.7. The Morgan fingerprint density at radius 2 is 2.14 bits per heavy atom. The number of nitrogens with zero attached hydrogens (tertiary/aromatic N) is 2. The van der Waals surface area contributed by atoms with Gasteiger partial charge in [0.25, 0.3) is 0 Å². The van der Waals surface area contributed by atoms with E-state index in [1.807, 2.05) is 6.07 Å². The molecule has 1 amide bonds. The summed E-state index contributed by atoms with van der Waals surface area (Å²) in [5.41, 5.74) is 6.84. The first-order valence-corrected chi connectivity index (χ1v) is 7.03. The van der Waals surface area contributed by atoms with Crippen LogP contribution in [-0.2, 0) is 9.53 Å². The minimum Gasteiger partial charge on any atom is -0.381 e. The molecule has 0 atom stereocenters. The van der Waals surface area contributed by atoms with Crippen molar-refractivity contribution in [3.8, 4) is 0 Å². The summed E-state index contributed by atoms with van der Waals surface area (Å²) in [5.74, 6) is -0.0512. The molecule has 3 heterocycles. The van der Waals surface area contributed by atoms with Gasteiger partial charge in [0.05, 0.1) is 16.6 Å². The molecule has 2 aromatic rings. The van der Waals surface area contributed by atoms with Crippen molar-refractivity contribution in [2.24, 2.45) is 11.1 Å². The van der Waals surface area contributed by atoms with E-state index in [1.54, 1.807) is 24.7 Å². The van der Waals surface area contributed by atoms with Gasteiger partial charge in [0.2, 0.25) is 5.91 Å². The first kappa shape index (κ1) is 13.9. The lowest BCUT2D eigenvalue weighted by Gasteiger charge is -2.34. The fraction of sp³-hybridized carbons (Fsp3) is 0.400. The molecule has 6 heteroatoms. The number of carbonyl (C=O) groups excluding carboxylic acids is 1. The Balaban J connectivity index is 1.89. The summed E-state index contributed by atoms with van der Waals surface area (Å²) < 4.78 is 5.34. The normalized spacial score (nSPS) is 17.6. The smallest absolute Gasteiger partial charge is 0.232 e. The van der Waals surface area contributed by atoms with Crippen LogP contribution in [0.4, 0.5) is 5.69 Å². The Morgan fingerprint density at radius 1 is 1.33 bits per heavy atom. The van der Waals surface area contributed by atoms with Crippen molar-refractivity contribution >= 4 is 22.5 Å². The molecule has 0 spiro atoms. The van der Waals surface area contributed by atoms with Crippen LogP contribution in [0.3, 0.4) is 0 Å². The molecule has 0 aromatic carbocycles. The minimum absolute atomic E-state index is 0.0512. The molecule has 1 aliphatic heterocycles. The standard InChI is InChI=1S/C15H18N4O2/c16-10-15(3-7-21-8-4-15)14(20)19-13-2-6-18-12-1-5-17-9-11(12)13/h1-2,5-6,9H,3-4,7-8,10,16H2,(H,18,19,20). The molecule has 110 valence electrons. The van der Waals surface area contributed by atoms with Crippen LogP contribution >= 0.6 is 0 Å². The highest BCUT2D eigenvalue weighted by Gasteiger charge is 2.38. The van der Waals surface area contributed by atoms with E-state index in [-0.39, 0.29) is 5.91 Å². The SMILES string of the molecule is NCC1(C(=O)Nc2ccnc3ccncc23)CCOCC1. The number of aromatic nitrogens is 2. The summed E-state index contributed by atoms with van der Waals surface area (Å²) in [6.45, 7) is 1.47. The summed E-state index contributed by atoms with van der Waals surface area (Å²) in [7, 11) is 0. The number of carbonyl (C=O) groups is 1. The van der Waals surface area contributed by atoms with Crippen molar-refractivity contribution in [2.75, 3.05) is 25.1 Å². The largest absolute Gasteiger partial charge is 0.381 e. The number of ether oxygens (including phenoxy) is 1. The number of amides is 1. The number of pyridine rings is 2. The first-order chi connectivity index (χ1) is 10.2. The Morgan fingerprint density at radius 3 is 2.90 bits per heavy atom. The minimum atomic E-state index is -0.546. The lowest BCUT2D eigenvalue weighted by atomic mass is 9.79. The van der Waals surface area contributed by atoms with E-state index in [2.05, 4.69) is 15.3 Å². The van der Waals surface area contributed by atoms with E-state index in [0.29, 0.717) is 32.6 Å². The molecule has 1 saturated heterocycles. The van der Waals surface area contributed by atoms with Gasteiger partial charge in [0.1, 0.15) is 0 Å². The van der Waals surface area contributed by atoms with Crippen molar-refractivity contribution in [1.29, 1.82) is 0 Å². The maximum atomic E-state index is 12.7. The van der Waals surface area contributed by atoms with E-state index < -0.39 is 5.41 Å². The van der Waals surface area contributed by atoms with Gasteiger partial charge in [-0.1, -0.05) is 0 Å². The van der Waals surface area contributed by atoms with Crippen molar-refractivity contribution in [3.05, 3.63) is 30.7 Å². The van der Waals surface area contributed by atoms with Gasteiger partial charge < -0.3 is 15.8 Å². The number of nitrogens with one attached hydrogen (secondary N) is 1. The van der Waals surface area contributed by atoms with E-state index in [0.717, 1.165) is 16.6 Å². The van der Waals surface area contributed by atoms with Gasteiger partial charge in [-0.05, 0) is 25.0 Å². The Bertz CT molecular complexity index is 648. The lowest BCUT2D eigenvalue weighted by molar-refractivity contribution is -0.130. The van der Waals surface area contributed by atoms with Crippen LogP contribution in [0, 0.1) is 5.41 Å². The third-order valence-corrected chi connectivity index (χ3v) is 4.11. The number of fused-ring (bicyclic) bond motifs is 1.